The standard InChI is InChI=1S/C22H23NOS/c1-24-20-8-5-9-22(16-20)25-21-12-10-18(11-13-21)14-15-23-17-19-6-3-2-4-7-19/h2-13,16,23H,14-15,17H2,1H3. The Hall–Kier alpha value is -2.23. The van der Waals surface area contributed by atoms with E-state index in [1.807, 2.05) is 12.1 Å². The number of hydrogen-bond donors (Lipinski definition) is 1. The first kappa shape index (κ1) is 17.6. The zero-order valence-corrected chi connectivity index (χ0v) is 15.3. The average molecular weight is 349 g/mol. The third kappa shape index (κ3) is 5.66. The summed E-state index contributed by atoms with van der Waals surface area (Å²) in [5.41, 5.74) is 2.68. The molecule has 0 radical (unpaired) electrons. The van der Waals surface area contributed by atoms with Crippen molar-refractivity contribution in [3.05, 3.63) is 90.0 Å². The molecule has 3 heteroatoms. The molecule has 2 nitrogen and oxygen atoms in total. The molecule has 0 aliphatic heterocycles. The molecule has 1 N–H and O–H groups in total. The largest absolute Gasteiger partial charge is 0.497 e. The van der Waals surface area contributed by atoms with Crippen LogP contribution in [-0.2, 0) is 13.0 Å². The first-order chi connectivity index (χ1) is 12.3. The van der Waals surface area contributed by atoms with E-state index < -0.39 is 0 Å². The summed E-state index contributed by atoms with van der Waals surface area (Å²) in [5, 5.41) is 3.50. The predicted molar refractivity (Wildman–Crippen MR) is 105 cm³/mol. The molecule has 0 unspecified atom stereocenters. The summed E-state index contributed by atoms with van der Waals surface area (Å²) in [6, 6.07) is 27.5. The molecular weight excluding hydrogens is 326 g/mol. The fourth-order valence-corrected chi connectivity index (χ4v) is 3.45. The first-order valence-corrected chi connectivity index (χ1v) is 9.30. The molecule has 0 aromatic heterocycles. The van der Waals surface area contributed by atoms with E-state index >= 15 is 0 Å². The van der Waals surface area contributed by atoms with E-state index in [0.29, 0.717) is 0 Å². The van der Waals surface area contributed by atoms with Gasteiger partial charge in [-0.05, 0) is 54.4 Å². The second-order valence-electron chi connectivity index (χ2n) is 5.84. The molecule has 128 valence electrons. The zero-order valence-electron chi connectivity index (χ0n) is 14.4. The van der Waals surface area contributed by atoms with Crippen molar-refractivity contribution in [2.75, 3.05) is 13.7 Å². The SMILES string of the molecule is COc1cccc(Sc2ccc(CCNCc3ccccc3)cc2)c1. The highest BCUT2D eigenvalue weighted by Crippen LogP contribution is 2.30. The zero-order chi connectivity index (χ0) is 17.3. The van der Waals surface area contributed by atoms with Crippen LogP contribution in [0, 0.1) is 0 Å². The monoisotopic (exact) mass is 349 g/mol. The van der Waals surface area contributed by atoms with Gasteiger partial charge in [0, 0.05) is 16.3 Å². The summed E-state index contributed by atoms with van der Waals surface area (Å²) in [6.07, 6.45) is 1.04. The molecule has 0 saturated carbocycles. The molecule has 25 heavy (non-hydrogen) atoms. The minimum Gasteiger partial charge on any atom is -0.497 e. The molecule has 3 aromatic carbocycles. The Morgan fingerprint density at radius 3 is 2.36 bits per heavy atom. The summed E-state index contributed by atoms with van der Waals surface area (Å²) < 4.78 is 5.28. The van der Waals surface area contributed by atoms with Gasteiger partial charge < -0.3 is 10.1 Å². The number of methoxy groups -OCH3 is 1. The molecule has 0 spiro atoms. The van der Waals surface area contributed by atoms with Gasteiger partial charge in [0.1, 0.15) is 5.75 Å². The van der Waals surface area contributed by atoms with Gasteiger partial charge in [-0.25, -0.2) is 0 Å². The number of ether oxygens (including phenoxy) is 1. The van der Waals surface area contributed by atoms with Crippen LogP contribution in [0.3, 0.4) is 0 Å². The van der Waals surface area contributed by atoms with Crippen LogP contribution >= 0.6 is 11.8 Å². The number of benzene rings is 3. The molecule has 0 fully saturated rings. The van der Waals surface area contributed by atoms with E-state index in [9.17, 15) is 0 Å². The van der Waals surface area contributed by atoms with Crippen LogP contribution in [0.1, 0.15) is 11.1 Å². The highest BCUT2D eigenvalue weighted by molar-refractivity contribution is 7.99. The van der Waals surface area contributed by atoms with Crippen molar-refractivity contribution < 1.29 is 4.74 Å². The van der Waals surface area contributed by atoms with Crippen LogP contribution in [0.2, 0.25) is 0 Å². The van der Waals surface area contributed by atoms with Gasteiger partial charge in [0.15, 0.2) is 0 Å². The Kier molecular flexibility index (Phi) is 6.55. The fraction of sp³-hybridized carbons (Fsp3) is 0.182. The minimum atomic E-state index is 0.895. The molecular formula is C22H23NOS. The van der Waals surface area contributed by atoms with E-state index in [1.54, 1.807) is 18.9 Å². The highest BCUT2D eigenvalue weighted by Gasteiger charge is 2.00. The van der Waals surface area contributed by atoms with Crippen molar-refractivity contribution in [1.29, 1.82) is 0 Å². The maximum absolute atomic E-state index is 5.28. The van der Waals surface area contributed by atoms with Gasteiger partial charge in [-0.3, -0.25) is 0 Å². The van der Waals surface area contributed by atoms with Crippen LogP contribution in [-0.4, -0.2) is 13.7 Å². The molecule has 0 bridgehead atoms. The van der Waals surface area contributed by atoms with Gasteiger partial charge in [0.05, 0.1) is 7.11 Å². The van der Waals surface area contributed by atoms with E-state index in [-0.39, 0.29) is 0 Å². The van der Waals surface area contributed by atoms with Crippen molar-refractivity contribution in [3.8, 4) is 5.75 Å². The van der Waals surface area contributed by atoms with Gasteiger partial charge in [-0.1, -0.05) is 60.3 Å². The summed E-state index contributed by atoms with van der Waals surface area (Å²) in [5.74, 6) is 0.895. The lowest BCUT2D eigenvalue weighted by Gasteiger charge is -2.07. The van der Waals surface area contributed by atoms with Crippen molar-refractivity contribution in [1.82, 2.24) is 5.32 Å². The van der Waals surface area contributed by atoms with Gasteiger partial charge in [-0.2, -0.15) is 0 Å². The average Bonchev–Trinajstić information content (AvgIpc) is 2.67. The predicted octanol–water partition coefficient (Wildman–Crippen LogP) is 5.18. The van der Waals surface area contributed by atoms with Crippen molar-refractivity contribution in [3.63, 3.8) is 0 Å². The van der Waals surface area contributed by atoms with E-state index in [2.05, 4.69) is 72.0 Å². The summed E-state index contributed by atoms with van der Waals surface area (Å²) in [6.45, 7) is 1.90. The second kappa shape index (κ2) is 9.30. The smallest absolute Gasteiger partial charge is 0.119 e. The Morgan fingerprint density at radius 1 is 0.800 bits per heavy atom. The molecule has 3 aromatic rings. The van der Waals surface area contributed by atoms with E-state index in [0.717, 1.165) is 25.3 Å². The molecule has 0 aliphatic carbocycles. The lowest BCUT2D eigenvalue weighted by Crippen LogP contribution is -2.16. The van der Waals surface area contributed by atoms with Crippen LogP contribution < -0.4 is 10.1 Å². The second-order valence-corrected chi connectivity index (χ2v) is 6.98. The summed E-state index contributed by atoms with van der Waals surface area (Å²) in [4.78, 5) is 2.44. The molecule has 0 heterocycles. The maximum atomic E-state index is 5.28. The molecule has 0 aliphatic rings. The van der Waals surface area contributed by atoms with Gasteiger partial charge in [0.25, 0.3) is 0 Å². The third-order valence-electron chi connectivity index (χ3n) is 3.96. The third-order valence-corrected chi connectivity index (χ3v) is 4.96. The van der Waals surface area contributed by atoms with Crippen molar-refractivity contribution in [2.24, 2.45) is 0 Å². The lowest BCUT2D eigenvalue weighted by atomic mass is 10.1. The summed E-state index contributed by atoms with van der Waals surface area (Å²) in [7, 11) is 1.70. The van der Waals surface area contributed by atoms with Crippen molar-refractivity contribution >= 4 is 11.8 Å². The van der Waals surface area contributed by atoms with Gasteiger partial charge in [-0.15, -0.1) is 0 Å². The fourth-order valence-electron chi connectivity index (χ4n) is 2.59. The van der Waals surface area contributed by atoms with E-state index in [4.69, 9.17) is 4.74 Å². The topological polar surface area (TPSA) is 21.3 Å². The molecule has 0 amide bonds. The quantitative estimate of drug-likeness (QED) is 0.566. The Bertz CT molecular complexity index is 772. The van der Waals surface area contributed by atoms with Gasteiger partial charge in [0.2, 0.25) is 0 Å². The lowest BCUT2D eigenvalue weighted by molar-refractivity contribution is 0.413. The number of rotatable bonds is 8. The molecule has 3 rings (SSSR count). The van der Waals surface area contributed by atoms with Gasteiger partial charge >= 0.3 is 0 Å². The van der Waals surface area contributed by atoms with Crippen LogP contribution in [0.4, 0.5) is 0 Å². The van der Waals surface area contributed by atoms with Crippen LogP contribution in [0.5, 0.6) is 5.75 Å². The van der Waals surface area contributed by atoms with Crippen LogP contribution in [0.25, 0.3) is 0 Å². The first-order valence-electron chi connectivity index (χ1n) is 8.49. The molecule has 0 saturated heterocycles. The van der Waals surface area contributed by atoms with Crippen molar-refractivity contribution in [2.45, 2.75) is 22.8 Å². The Morgan fingerprint density at radius 2 is 1.60 bits per heavy atom. The Labute approximate surface area is 154 Å². The Balaban J connectivity index is 1.47. The van der Waals surface area contributed by atoms with Crippen LogP contribution in [0.15, 0.2) is 88.7 Å². The maximum Gasteiger partial charge on any atom is 0.119 e. The number of hydrogen-bond acceptors (Lipinski definition) is 3. The minimum absolute atomic E-state index is 0.895. The summed E-state index contributed by atoms with van der Waals surface area (Å²) >= 11 is 1.76. The molecule has 0 atom stereocenters. The normalized spacial score (nSPS) is 10.6. The van der Waals surface area contributed by atoms with E-state index in [1.165, 1.54) is 20.9 Å². The highest BCUT2D eigenvalue weighted by atomic mass is 32.2. The number of nitrogens with one attached hydrogen (secondary N) is 1.